The van der Waals surface area contributed by atoms with Crippen molar-refractivity contribution in [3.05, 3.63) is 35.4 Å². The maximum Gasteiger partial charge on any atom is 0.0555 e. The van der Waals surface area contributed by atoms with Crippen LogP contribution in [0.2, 0.25) is 0 Å². The second kappa shape index (κ2) is 7.33. The average Bonchev–Trinajstić information content (AvgIpc) is 2.40. The van der Waals surface area contributed by atoms with E-state index in [2.05, 4.69) is 41.9 Å². The minimum Gasteiger partial charge on any atom is -0.320 e. The van der Waals surface area contributed by atoms with Gasteiger partial charge in [0.2, 0.25) is 0 Å². The second-order valence-electron chi connectivity index (χ2n) is 5.29. The van der Waals surface area contributed by atoms with Crippen molar-refractivity contribution in [2.45, 2.75) is 32.7 Å². The summed E-state index contributed by atoms with van der Waals surface area (Å²) in [4.78, 5) is 2.53. The Kier molecular flexibility index (Phi) is 5.44. The number of nitrogens with zero attached hydrogens (tertiary/aromatic N) is 1. The molecule has 0 amide bonds. The first-order valence-electron chi connectivity index (χ1n) is 7.32. The van der Waals surface area contributed by atoms with Crippen molar-refractivity contribution in [3.63, 3.8) is 0 Å². The fourth-order valence-corrected chi connectivity index (χ4v) is 2.51. The minimum absolute atomic E-state index is 0.425. The summed E-state index contributed by atoms with van der Waals surface area (Å²) in [5, 5.41) is 0. The number of hydrogen-bond donors (Lipinski definition) is 1. The van der Waals surface area contributed by atoms with Crippen molar-refractivity contribution in [1.82, 2.24) is 4.90 Å². The van der Waals surface area contributed by atoms with Gasteiger partial charge in [0.15, 0.2) is 0 Å². The minimum atomic E-state index is 0.425. The van der Waals surface area contributed by atoms with Gasteiger partial charge in [0.05, 0.1) is 6.54 Å². The maximum atomic E-state index is 5.46. The fourth-order valence-electron chi connectivity index (χ4n) is 2.51. The Labute approximate surface area is 117 Å². The van der Waals surface area contributed by atoms with E-state index in [1.165, 1.54) is 31.4 Å². The third-order valence-electron chi connectivity index (χ3n) is 3.92. The van der Waals surface area contributed by atoms with Crippen LogP contribution >= 0.6 is 0 Å². The highest BCUT2D eigenvalue weighted by Crippen LogP contribution is 2.27. The quantitative estimate of drug-likeness (QED) is 0.821. The Morgan fingerprint density at radius 3 is 2.74 bits per heavy atom. The van der Waals surface area contributed by atoms with E-state index in [1.807, 2.05) is 6.07 Å². The lowest BCUT2D eigenvalue weighted by molar-refractivity contribution is 0.178. The average molecular weight is 256 g/mol. The molecule has 2 heteroatoms. The molecular formula is C17H24N2. The van der Waals surface area contributed by atoms with Crippen LogP contribution in [0.1, 0.15) is 37.3 Å². The highest BCUT2D eigenvalue weighted by atomic mass is 15.1. The SMILES string of the molecule is CCN(Cc1ccccc1C#CCN)CC1CCC1. The highest BCUT2D eigenvalue weighted by molar-refractivity contribution is 5.41. The van der Waals surface area contributed by atoms with Crippen molar-refractivity contribution in [3.8, 4) is 11.8 Å². The molecule has 0 unspecified atom stereocenters. The predicted octanol–water partition coefficient (Wildman–Crippen LogP) is 2.62. The van der Waals surface area contributed by atoms with Crippen LogP contribution < -0.4 is 5.73 Å². The summed E-state index contributed by atoms with van der Waals surface area (Å²) in [6.45, 7) is 6.01. The van der Waals surface area contributed by atoms with Gasteiger partial charge in [-0.1, -0.05) is 43.4 Å². The molecule has 2 N–H and O–H groups in total. The molecule has 1 aromatic carbocycles. The van der Waals surface area contributed by atoms with E-state index in [-0.39, 0.29) is 0 Å². The lowest BCUT2D eigenvalue weighted by Gasteiger charge is -2.32. The van der Waals surface area contributed by atoms with Crippen LogP contribution in [-0.2, 0) is 6.54 Å². The molecule has 102 valence electrons. The number of hydrogen-bond acceptors (Lipinski definition) is 2. The molecule has 19 heavy (non-hydrogen) atoms. The molecule has 1 fully saturated rings. The smallest absolute Gasteiger partial charge is 0.0555 e. The van der Waals surface area contributed by atoms with Crippen LogP contribution in [0.4, 0.5) is 0 Å². The zero-order valence-corrected chi connectivity index (χ0v) is 11.9. The van der Waals surface area contributed by atoms with Crippen molar-refractivity contribution in [1.29, 1.82) is 0 Å². The van der Waals surface area contributed by atoms with Crippen LogP contribution in [-0.4, -0.2) is 24.5 Å². The van der Waals surface area contributed by atoms with E-state index < -0.39 is 0 Å². The van der Waals surface area contributed by atoms with Crippen molar-refractivity contribution in [2.75, 3.05) is 19.6 Å². The zero-order valence-electron chi connectivity index (χ0n) is 11.9. The molecule has 1 aliphatic rings. The molecule has 0 aromatic heterocycles. The second-order valence-corrected chi connectivity index (χ2v) is 5.29. The molecule has 2 nitrogen and oxygen atoms in total. The van der Waals surface area contributed by atoms with Crippen LogP contribution in [0.5, 0.6) is 0 Å². The molecule has 0 bridgehead atoms. The summed E-state index contributed by atoms with van der Waals surface area (Å²) in [6, 6.07) is 8.42. The lowest BCUT2D eigenvalue weighted by Crippen LogP contribution is -2.32. The molecule has 0 radical (unpaired) electrons. The van der Waals surface area contributed by atoms with Gasteiger partial charge in [0.25, 0.3) is 0 Å². The van der Waals surface area contributed by atoms with Gasteiger partial charge in [-0.25, -0.2) is 0 Å². The van der Waals surface area contributed by atoms with E-state index in [4.69, 9.17) is 5.73 Å². The Balaban J connectivity index is 2.03. The Morgan fingerprint density at radius 1 is 1.32 bits per heavy atom. The first kappa shape index (κ1) is 14.1. The fraction of sp³-hybridized carbons (Fsp3) is 0.529. The maximum absolute atomic E-state index is 5.46. The van der Waals surface area contributed by atoms with Gasteiger partial charge in [0, 0.05) is 18.7 Å². The van der Waals surface area contributed by atoms with Crippen LogP contribution in [0.3, 0.4) is 0 Å². The summed E-state index contributed by atoms with van der Waals surface area (Å²) < 4.78 is 0. The lowest BCUT2D eigenvalue weighted by atomic mass is 9.85. The monoisotopic (exact) mass is 256 g/mol. The summed E-state index contributed by atoms with van der Waals surface area (Å²) in [5.74, 6) is 7.06. The normalized spacial score (nSPS) is 14.9. The van der Waals surface area contributed by atoms with Crippen LogP contribution in [0.15, 0.2) is 24.3 Å². The van der Waals surface area contributed by atoms with E-state index >= 15 is 0 Å². The third kappa shape index (κ3) is 4.09. The Bertz CT molecular complexity index is 452. The Morgan fingerprint density at radius 2 is 2.11 bits per heavy atom. The van der Waals surface area contributed by atoms with E-state index in [0.717, 1.165) is 24.6 Å². The highest BCUT2D eigenvalue weighted by Gasteiger charge is 2.20. The molecule has 0 atom stereocenters. The molecule has 1 aliphatic carbocycles. The summed E-state index contributed by atoms with van der Waals surface area (Å²) in [6.07, 6.45) is 4.23. The largest absolute Gasteiger partial charge is 0.320 e. The van der Waals surface area contributed by atoms with Gasteiger partial charge >= 0.3 is 0 Å². The van der Waals surface area contributed by atoms with Gasteiger partial charge in [-0.15, -0.1) is 0 Å². The van der Waals surface area contributed by atoms with E-state index in [0.29, 0.717) is 6.54 Å². The topological polar surface area (TPSA) is 29.3 Å². The van der Waals surface area contributed by atoms with Crippen molar-refractivity contribution < 1.29 is 0 Å². The molecular weight excluding hydrogens is 232 g/mol. The van der Waals surface area contributed by atoms with Gasteiger partial charge in [-0.2, -0.15) is 0 Å². The molecule has 0 heterocycles. The molecule has 0 saturated heterocycles. The predicted molar refractivity (Wildman–Crippen MR) is 80.7 cm³/mol. The zero-order chi connectivity index (χ0) is 13.5. The van der Waals surface area contributed by atoms with E-state index in [9.17, 15) is 0 Å². The number of rotatable bonds is 5. The molecule has 0 spiro atoms. The van der Waals surface area contributed by atoms with Crippen LogP contribution in [0.25, 0.3) is 0 Å². The molecule has 1 aromatic rings. The van der Waals surface area contributed by atoms with Crippen molar-refractivity contribution >= 4 is 0 Å². The van der Waals surface area contributed by atoms with E-state index in [1.54, 1.807) is 0 Å². The molecule has 1 saturated carbocycles. The summed E-state index contributed by atoms with van der Waals surface area (Å²) >= 11 is 0. The van der Waals surface area contributed by atoms with Gasteiger partial charge in [-0.3, -0.25) is 4.90 Å². The number of nitrogens with two attached hydrogens (primary N) is 1. The first-order chi connectivity index (χ1) is 9.33. The van der Waals surface area contributed by atoms with Gasteiger partial charge in [0.1, 0.15) is 0 Å². The van der Waals surface area contributed by atoms with Crippen molar-refractivity contribution in [2.24, 2.45) is 11.7 Å². The van der Waals surface area contributed by atoms with Crippen LogP contribution in [0, 0.1) is 17.8 Å². The third-order valence-corrected chi connectivity index (χ3v) is 3.92. The Hall–Kier alpha value is -1.30. The first-order valence-corrected chi connectivity index (χ1v) is 7.32. The van der Waals surface area contributed by atoms with Gasteiger partial charge < -0.3 is 5.73 Å². The molecule has 0 aliphatic heterocycles. The van der Waals surface area contributed by atoms with Gasteiger partial charge in [-0.05, 0) is 36.9 Å². The molecule has 2 rings (SSSR count). The number of benzene rings is 1. The standard InChI is InChI=1S/C17H24N2/c1-2-19(13-15-7-5-8-15)14-17-10-4-3-9-16(17)11-6-12-18/h3-4,9-10,15H,2,5,7-8,12-14,18H2,1H3. The summed E-state index contributed by atoms with van der Waals surface area (Å²) in [7, 11) is 0. The summed E-state index contributed by atoms with van der Waals surface area (Å²) in [5.41, 5.74) is 7.91.